The molecule has 1 N–H and O–H groups in total. The molecule has 0 amide bonds. The maximum atomic E-state index is 13.3. The smallest absolute Gasteiger partial charge is 0.143 e. The number of hydrogen-bond acceptors (Lipinski definition) is 3. The zero-order chi connectivity index (χ0) is 12.5. The van der Waals surface area contributed by atoms with E-state index in [0.29, 0.717) is 17.0 Å². The van der Waals surface area contributed by atoms with E-state index in [1.54, 1.807) is 18.3 Å². The highest BCUT2D eigenvalue weighted by atomic mass is 19.1. The normalized spacial score (nSPS) is 10.8. The molecule has 0 saturated carbocycles. The summed E-state index contributed by atoms with van der Waals surface area (Å²) in [5.41, 5.74) is 2.89. The Bertz CT molecular complexity index is 673. The van der Waals surface area contributed by atoms with Crippen LogP contribution in [0.1, 0.15) is 5.76 Å². The molecule has 0 aliphatic rings. The Labute approximate surface area is 102 Å². The van der Waals surface area contributed by atoms with Crippen LogP contribution in [0.15, 0.2) is 41.1 Å². The second-order valence-electron chi connectivity index (χ2n) is 3.94. The first-order chi connectivity index (χ1) is 8.75. The van der Waals surface area contributed by atoms with E-state index in [2.05, 4.69) is 15.4 Å². The van der Waals surface area contributed by atoms with Gasteiger partial charge < -0.3 is 4.52 Å². The van der Waals surface area contributed by atoms with Crippen molar-refractivity contribution in [2.24, 2.45) is 0 Å². The van der Waals surface area contributed by atoms with Crippen LogP contribution in [0.5, 0.6) is 0 Å². The minimum absolute atomic E-state index is 0.302. The van der Waals surface area contributed by atoms with E-state index in [1.807, 2.05) is 13.0 Å². The average molecular weight is 243 g/mol. The molecule has 2 aromatic heterocycles. The lowest BCUT2D eigenvalue weighted by Gasteiger charge is -2.00. The SMILES string of the molecule is Cc1onc(-c2cccc(F)c2)c1-c1ccn[nH]1. The van der Waals surface area contributed by atoms with Crippen LogP contribution in [0.2, 0.25) is 0 Å². The van der Waals surface area contributed by atoms with Crippen LogP contribution in [0.4, 0.5) is 4.39 Å². The van der Waals surface area contributed by atoms with Gasteiger partial charge in [-0.25, -0.2) is 4.39 Å². The Hall–Kier alpha value is -2.43. The van der Waals surface area contributed by atoms with Gasteiger partial charge in [0.2, 0.25) is 0 Å². The van der Waals surface area contributed by atoms with Gasteiger partial charge in [-0.1, -0.05) is 17.3 Å². The zero-order valence-electron chi connectivity index (χ0n) is 9.64. The number of rotatable bonds is 2. The van der Waals surface area contributed by atoms with Crippen molar-refractivity contribution in [1.82, 2.24) is 15.4 Å². The van der Waals surface area contributed by atoms with Gasteiger partial charge in [-0.2, -0.15) is 5.10 Å². The van der Waals surface area contributed by atoms with E-state index in [4.69, 9.17) is 4.52 Å². The fourth-order valence-corrected chi connectivity index (χ4v) is 1.92. The first-order valence-electron chi connectivity index (χ1n) is 5.47. The van der Waals surface area contributed by atoms with Gasteiger partial charge in [0.25, 0.3) is 0 Å². The van der Waals surface area contributed by atoms with Crippen LogP contribution < -0.4 is 0 Å². The van der Waals surface area contributed by atoms with Crippen molar-refractivity contribution in [3.8, 4) is 22.5 Å². The first kappa shape index (κ1) is 10.7. The average Bonchev–Trinajstić information content (AvgIpc) is 2.97. The largest absolute Gasteiger partial charge is 0.360 e. The molecule has 2 heterocycles. The van der Waals surface area contributed by atoms with E-state index in [-0.39, 0.29) is 5.82 Å². The molecule has 3 rings (SSSR count). The van der Waals surface area contributed by atoms with Gasteiger partial charge in [-0.05, 0) is 25.1 Å². The molecule has 0 aliphatic carbocycles. The molecular weight excluding hydrogens is 233 g/mol. The summed E-state index contributed by atoms with van der Waals surface area (Å²) < 4.78 is 18.4. The van der Waals surface area contributed by atoms with Crippen molar-refractivity contribution in [3.63, 3.8) is 0 Å². The van der Waals surface area contributed by atoms with Crippen LogP contribution >= 0.6 is 0 Å². The van der Waals surface area contributed by atoms with E-state index in [0.717, 1.165) is 11.3 Å². The van der Waals surface area contributed by atoms with Gasteiger partial charge in [0, 0.05) is 11.8 Å². The maximum absolute atomic E-state index is 13.3. The Kier molecular flexibility index (Phi) is 2.44. The van der Waals surface area contributed by atoms with E-state index in [1.165, 1.54) is 12.1 Å². The molecule has 0 saturated heterocycles. The van der Waals surface area contributed by atoms with Gasteiger partial charge in [-0.15, -0.1) is 0 Å². The quantitative estimate of drug-likeness (QED) is 0.752. The number of benzene rings is 1. The second-order valence-corrected chi connectivity index (χ2v) is 3.94. The third-order valence-corrected chi connectivity index (χ3v) is 2.73. The third kappa shape index (κ3) is 1.69. The highest BCUT2D eigenvalue weighted by Gasteiger charge is 2.17. The molecule has 0 bridgehead atoms. The Morgan fingerprint density at radius 3 is 2.89 bits per heavy atom. The Balaban J connectivity index is 2.20. The number of hydrogen-bond donors (Lipinski definition) is 1. The fourth-order valence-electron chi connectivity index (χ4n) is 1.92. The number of H-pyrrole nitrogens is 1. The Morgan fingerprint density at radius 1 is 1.28 bits per heavy atom. The summed E-state index contributed by atoms with van der Waals surface area (Å²) in [6.45, 7) is 1.81. The van der Waals surface area contributed by atoms with Crippen molar-refractivity contribution in [2.45, 2.75) is 6.92 Å². The number of nitrogens with one attached hydrogen (secondary N) is 1. The lowest BCUT2D eigenvalue weighted by atomic mass is 10.0. The van der Waals surface area contributed by atoms with Gasteiger partial charge in [0.15, 0.2) is 0 Å². The van der Waals surface area contributed by atoms with Gasteiger partial charge in [-0.3, -0.25) is 5.10 Å². The summed E-state index contributed by atoms with van der Waals surface area (Å²) in [6, 6.07) is 8.08. The minimum Gasteiger partial charge on any atom is -0.360 e. The standard InChI is InChI=1S/C13H10FN3O/c1-8-12(11-5-6-15-16-11)13(17-18-8)9-3-2-4-10(14)7-9/h2-7H,1H3,(H,15,16). The van der Waals surface area contributed by atoms with Crippen LogP contribution in [-0.2, 0) is 0 Å². The third-order valence-electron chi connectivity index (χ3n) is 2.73. The highest BCUT2D eigenvalue weighted by Crippen LogP contribution is 2.32. The van der Waals surface area contributed by atoms with Crippen molar-refractivity contribution in [1.29, 1.82) is 0 Å². The molecule has 3 aromatic rings. The maximum Gasteiger partial charge on any atom is 0.143 e. The summed E-state index contributed by atoms with van der Waals surface area (Å²) in [6.07, 6.45) is 1.65. The van der Waals surface area contributed by atoms with Crippen LogP contribution in [-0.4, -0.2) is 15.4 Å². The summed E-state index contributed by atoms with van der Waals surface area (Å²) in [7, 11) is 0. The summed E-state index contributed by atoms with van der Waals surface area (Å²) in [4.78, 5) is 0. The van der Waals surface area contributed by atoms with Crippen molar-refractivity contribution in [3.05, 3.63) is 48.1 Å². The van der Waals surface area contributed by atoms with Crippen molar-refractivity contribution >= 4 is 0 Å². The van der Waals surface area contributed by atoms with Crippen LogP contribution in [0.25, 0.3) is 22.5 Å². The van der Waals surface area contributed by atoms with E-state index in [9.17, 15) is 4.39 Å². The molecule has 0 spiro atoms. The second kappa shape index (κ2) is 4.10. The lowest BCUT2D eigenvalue weighted by Crippen LogP contribution is -1.85. The minimum atomic E-state index is -0.302. The molecule has 90 valence electrons. The monoisotopic (exact) mass is 243 g/mol. The fraction of sp³-hybridized carbons (Fsp3) is 0.0769. The van der Waals surface area contributed by atoms with Gasteiger partial charge in [0.1, 0.15) is 17.3 Å². The molecular formula is C13H10FN3O. The highest BCUT2D eigenvalue weighted by molar-refractivity contribution is 5.79. The molecule has 4 nitrogen and oxygen atoms in total. The molecule has 0 fully saturated rings. The van der Waals surface area contributed by atoms with Crippen LogP contribution in [0, 0.1) is 12.7 Å². The summed E-state index contributed by atoms with van der Waals surface area (Å²) >= 11 is 0. The predicted molar refractivity (Wildman–Crippen MR) is 64.2 cm³/mol. The van der Waals surface area contributed by atoms with Gasteiger partial charge >= 0.3 is 0 Å². The molecule has 0 atom stereocenters. The zero-order valence-corrected chi connectivity index (χ0v) is 9.64. The molecule has 0 aliphatic heterocycles. The van der Waals surface area contributed by atoms with E-state index >= 15 is 0 Å². The van der Waals surface area contributed by atoms with E-state index < -0.39 is 0 Å². The summed E-state index contributed by atoms with van der Waals surface area (Å²) in [5.74, 6) is 0.363. The van der Waals surface area contributed by atoms with Crippen LogP contribution in [0.3, 0.4) is 0 Å². The van der Waals surface area contributed by atoms with Crippen molar-refractivity contribution in [2.75, 3.05) is 0 Å². The number of aryl methyl sites for hydroxylation is 1. The molecule has 5 heteroatoms. The molecule has 0 radical (unpaired) electrons. The van der Waals surface area contributed by atoms with Gasteiger partial charge in [0.05, 0.1) is 11.3 Å². The molecule has 1 aromatic carbocycles. The van der Waals surface area contributed by atoms with Crippen molar-refractivity contribution < 1.29 is 8.91 Å². The number of aromatic nitrogens is 3. The predicted octanol–water partition coefficient (Wildman–Crippen LogP) is 3.18. The first-order valence-corrected chi connectivity index (χ1v) is 5.47. The number of nitrogens with zero attached hydrogens (tertiary/aromatic N) is 2. The topological polar surface area (TPSA) is 54.7 Å². The molecule has 0 unspecified atom stereocenters. The Morgan fingerprint density at radius 2 is 2.17 bits per heavy atom. The molecule has 18 heavy (non-hydrogen) atoms. The number of halogens is 1. The lowest BCUT2D eigenvalue weighted by molar-refractivity contribution is 0.400. The summed E-state index contributed by atoms with van der Waals surface area (Å²) in [5, 5.41) is 10.8. The number of aromatic amines is 1.